The Hall–Kier alpha value is -1.88. The van der Waals surface area contributed by atoms with Crippen LogP contribution in [0.25, 0.3) is 0 Å². The predicted octanol–water partition coefficient (Wildman–Crippen LogP) is 2.61. The summed E-state index contributed by atoms with van der Waals surface area (Å²) < 4.78 is 10.0. The summed E-state index contributed by atoms with van der Waals surface area (Å²) >= 11 is 0. The van der Waals surface area contributed by atoms with Crippen LogP contribution in [0.5, 0.6) is 0 Å². The molecule has 1 aliphatic heterocycles. The zero-order valence-corrected chi connectivity index (χ0v) is 14.7. The van der Waals surface area contributed by atoms with E-state index in [9.17, 15) is 9.59 Å². The molecule has 1 saturated heterocycles. The quantitative estimate of drug-likeness (QED) is 0.749. The Morgan fingerprint density at radius 3 is 2.33 bits per heavy atom. The van der Waals surface area contributed by atoms with Crippen molar-refractivity contribution in [2.45, 2.75) is 38.6 Å². The average Bonchev–Trinajstić information content (AvgIpc) is 2.62. The highest BCUT2D eigenvalue weighted by Gasteiger charge is 2.38. The van der Waals surface area contributed by atoms with E-state index in [0.717, 1.165) is 25.9 Å². The third-order valence-corrected chi connectivity index (χ3v) is 4.77. The first-order chi connectivity index (χ1) is 11.6. The van der Waals surface area contributed by atoms with Crippen LogP contribution in [-0.2, 0) is 19.1 Å². The van der Waals surface area contributed by atoms with Gasteiger partial charge in [-0.25, -0.2) is 0 Å². The average molecular weight is 333 g/mol. The number of hydrogen-bond acceptors (Lipinski definition) is 5. The smallest absolute Gasteiger partial charge is 0.324 e. The van der Waals surface area contributed by atoms with Crippen LogP contribution in [0.15, 0.2) is 30.3 Å². The van der Waals surface area contributed by atoms with E-state index in [1.165, 1.54) is 12.7 Å². The van der Waals surface area contributed by atoms with Gasteiger partial charge in [0.1, 0.15) is 6.04 Å². The Bertz CT molecular complexity index is 538. The molecule has 1 aromatic rings. The van der Waals surface area contributed by atoms with Crippen molar-refractivity contribution in [1.29, 1.82) is 0 Å². The van der Waals surface area contributed by atoms with Gasteiger partial charge in [0.2, 0.25) is 0 Å². The third kappa shape index (κ3) is 4.35. The van der Waals surface area contributed by atoms with Gasteiger partial charge in [0, 0.05) is 0 Å². The summed E-state index contributed by atoms with van der Waals surface area (Å²) in [6, 6.07) is 9.87. The van der Waals surface area contributed by atoms with Crippen LogP contribution >= 0.6 is 0 Å². The Morgan fingerprint density at radius 2 is 1.79 bits per heavy atom. The molecule has 132 valence electrons. The molecule has 1 fully saturated rings. The number of benzene rings is 1. The fourth-order valence-electron chi connectivity index (χ4n) is 3.45. The van der Waals surface area contributed by atoms with Crippen LogP contribution in [0.4, 0.5) is 0 Å². The maximum absolute atomic E-state index is 12.4. The lowest BCUT2D eigenvalue weighted by Crippen LogP contribution is -2.51. The number of ether oxygens (including phenoxy) is 2. The molecule has 1 heterocycles. The van der Waals surface area contributed by atoms with E-state index in [-0.39, 0.29) is 11.9 Å². The Kier molecular flexibility index (Phi) is 6.79. The first kappa shape index (κ1) is 18.5. The van der Waals surface area contributed by atoms with E-state index in [4.69, 9.17) is 9.47 Å². The molecule has 2 rings (SSSR count). The van der Waals surface area contributed by atoms with Crippen molar-refractivity contribution in [3.05, 3.63) is 35.9 Å². The second kappa shape index (κ2) is 8.83. The van der Waals surface area contributed by atoms with Gasteiger partial charge in [-0.1, -0.05) is 30.3 Å². The van der Waals surface area contributed by atoms with Crippen LogP contribution in [0.2, 0.25) is 0 Å². The lowest BCUT2D eigenvalue weighted by molar-refractivity contribution is -0.160. The first-order valence-corrected chi connectivity index (χ1v) is 8.62. The maximum Gasteiger partial charge on any atom is 0.324 e. The Balaban J connectivity index is 2.06. The molecular weight excluding hydrogens is 306 g/mol. The van der Waals surface area contributed by atoms with E-state index in [1.807, 2.05) is 6.07 Å². The van der Waals surface area contributed by atoms with Crippen LogP contribution in [0, 0.1) is 5.92 Å². The molecule has 24 heavy (non-hydrogen) atoms. The number of carbonyl (C=O) groups excluding carboxylic acids is 2. The van der Waals surface area contributed by atoms with Gasteiger partial charge in [-0.2, -0.15) is 0 Å². The van der Waals surface area contributed by atoms with Crippen molar-refractivity contribution in [3.8, 4) is 0 Å². The fraction of sp³-hybridized carbons (Fsp3) is 0.579. The van der Waals surface area contributed by atoms with Crippen molar-refractivity contribution in [2.75, 3.05) is 26.8 Å². The summed E-state index contributed by atoms with van der Waals surface area (Å²) in [5.74, 6) is -0.757. The summed E-state index contributed by atoms with van der Waals surface area (Å²) in [6.07, 6.45) is 1.93. The van der Waals surface area contributed by atoms with E-state index < -0.39 is 12.0 Å². The first-order valence-electron chi connectivity index (χ1n) is 8.62. The lowest BCUT2D eigenvalue weighted by Gasteiger charge is -2.38. The number of rotatable bonds is 6. The van der Waals surface area contributed by atoms with Gasteiger partial charge in [-0.15, -0.1) is 0 Å². The molecule has 0 aromatic heterocycles. The molecule has 5 nitrogen and oxygen atoms in total. The molecule has 2 unspecified atom stereocenters. The fourth-order valence-corrected chi connectivity index (χ4v) is 3.45. The summed E-state index contributed by atoms with van der Waals surface area (Å²) in [4.78, 5) is 26.4. The summed E-state index contributed by atoms with van der Waals surface area (Å²) in [5.41, 5.74) is 1.34. The molecule has 0 radical (unpaired) electrons. The van der Waals surface area contributed by atoms with Crippen LogP contribution in [0.1, 0.15) is 38.2 Å². The Morgan fingerprint density at radius 1 is 1.17 bits per heavy atom. The van der Waals surface area contributed by atoms with E-state index >= 15 is 0 Å². The van der Waals surface area contributed by atoms with Crippen LogP contribution < -0.4 is 0 Å². The predicted molar refractivity (Wildman–Crippen MR) is 91.6 cm³/mol. The summed E-state index contributed by atoms with van der Waals surface area (Å²) in [7, 11) is 1.35. The van der Waals surface area contributed by atoms with Gasteiger partial charge in [-0.3, -0.25) is 14.5 Å². The third-order valence-electron chi connectivity index (χ3n) is 4.77. The second-order valence-corrected chi connectivity index (χ2v) is 6.23. The zero-order chi connectivity index (χ0) is 17.5. The minimum atomic E-state index is -0.575. The monoisotopic (exact) mass is 333 g/mol. The van der Waals surface area contributed by atoms with Crippen molar-refractivity contribution >= 4 is 11.9 Å². The van der Waals surface area contributed by atoms with Gasteiger partial charge >= 0.3 is 11.9 Å². The normalized spacial score (nSPS) is 18.6. The van der Waals surface area contributed by atoms with E-state index in [2.05, 4.69) is 29.2 Å². The minimum absolute atomic E-state index is 0.309. The SMILES string of the molecule is CCOC(=O)C(C(C)C(=O)OC)N1CCC(c2ccccc2)CC1. The molecular formula is C19H27NO4. The molecule has 0 N–H and O–H groups in total. The standard InChI is InChI=1S/C19H27NO4/c1-4-24-19(22)17(14(2)18(21)23-3)20-12-10-16(11-13-20)15-8-6-5-7-9-15/h5-9,14,16-17H,4,10-13H2,1-3H3. The van der Waals surface area contributed by atoms with Crippen LogP contribution in [-0.4, -0.2) is 49.7 Å². The van der Waals surface area contributed by atoms with Crippen molar-refractivity contribution in [2.24, 2.45) is 5.92 Å². The summed E-state index contributed by atoms with van der Waals surface area (Å²) in [5, 5.41) is 0. The van der Waals surface area contributed by atoms with Gasteiger partial charge in [0.25, 0.3) is 0 Å². The van der Waals surface area contributed by atoms with Gasteiger partial charge in [0.15, 0.2) is 0 Å². The molecule has 0 saturated carbocycles. The van der Waals surface area contributed by atoms with Gasteiger partial charge < -0.3 is 9.47 Å². The Labute approximate surface area is 143 Å². The lowest BCUT2D eigenvalue weighted by atomic mass is 9.87. The van der Waals surface area contributed by atoms with Gasteiger partial charge in [0.05, 0.1) is 19.6 Å². The van der Waals surface area contributed by atoms with E-state index in [1.54, 1.807) is 13.8 Å². The number of esters is 2. The molecule has 2 atom stereocenters. The molecule has 0 amide bonds. The largest absolute Gasteiger partial charge is 0.469 e. The van der Waals surface area contributed by atoms with Crippen molar-refractivity contribution < 1.29 is 19.1 Å². The number of likely N-dealkylation sites (tertiary alicyclic amines) is 1. The van der Waals surface area contributed by atoms with Crippen molar-refractivity contribution in [1.82, 2.24) is 4.90 Å². The molecule has 5 heteroatoms. The van der Waals surface area contributed by atoms with E-state index in [0.29, 0.717) is 12.5 Å². The topological polar surface area (TPSA) is 55.8 Å². The highest BCUT2D eigenvalue weighted by Crippen LogP contribution is 2.30. The summed E-state index contributed by atoms with van der Waals surface area (Å²) in [6.45, 7) is 5.36. The molecule has 1 aliphatic rings. The minimum Gasteiger partial charge on any atom is -0.469 e. The number of hydrogen-bond donors (Lipinski definition) is 0. The molecule has 1 aromatic carbocycles. The van der Waals surface area contributed by atoms with Gasteiger partial charge in [-0.05, 0) is 51.3 Å². The highest BCUT2D eigenvalue weighted by atomic mass is 16.5. The number of carbonyl (C=O) groups is 2. The number of piperidine rings is 1. The highest BCUT2D eigenvalue weighted by molar-refractivity contribution is 5.84. The zero-order valence-electron chi connectivity index (χ0n) is 14.7. The molecule has 0 bridgehead atoms. The number of methoxy groups -OCH3 is 1. The molecule has 0 spiro atoms. The molecule has 0 aliphatic carbocycles. The van der Waals surface area contributed by atoms with Crippen LogP contribution in [0.3, 0.4) is 0 Å². The second-order valence-electron chi connectivity index (χ2n) is 6.23. The maximum atomic E-state index is 12.4. The number of nitrogens with zero attached hydrogens (tertiary/aromatic N) is 1. The van der Waals surface area contributed by atoms with Crippen molar-refractivity contribution in [3.63, 3.8) is 0 Å².